The van der Waals surface area contributed by atoms with Crippen molar-refractivity contribution < 1.29 is 22.4 Å². The summed E-state index contributed by atoms with van der Waals surface area (Å²) in [5, 5.41) is 7.06. The number of hydrogen-bond donors (Lipinski definition) is 2. The van der Waals surface area contributed by atoms with Crippen molar-refractivity contribution in [1.29, 1.82) is 0 Å². The van der Waals surface area contributed by atoms with Gasteiger partial charge in [-0.05, 0) is 42.8 Å². The molecule has 2 N–H and O–H groups in total. The Balaban J connectivity index is 1.41. The smallest absolute Gasteiger partial charge is 0.416 e. The van der Waals surface area contributed by atoms with Crippen molar-refractivity contribution in [2.75, 3.05) is 18.4 Å². The van der Waals surface area contributed by atoms with Crippen LogP contribution in [-0.2, 0) is 19.1 Å². The molecule has 0 aliphatic carbocycles. The van der Waals surface area contributed by atoms with Crippen molar-refractivity contribution >= 4 is 22.2 Å². The number of fused-ring (bicyclic) bond motifs is 3. The van der Waals surface area contributed by atoms with Crippen LogP contribution in [0.3, 0.4) is 0 Å². The fourth-order valence-electron chi connectivity index (χ4n) is 4.09. The normalized spacial score (nSPS) is 18.8. The summed E-state index contributed by atoms with van der Waals surface area (Å²) in [6.45, 7) is 4.86. The first-order valence-corrected chi connectivity index (χ1v) is 10.9. The molecule has 2 aliphatic rings. The number of anilines is 1. The van der Waals surface area contributed by atoms with Crippen LogP contribution in [0.15, 0.2) is 40.8 Å². The third-order valence-corrected chi connectivity index (χ3v) is 6.89. The zero-order valence-corrected chi connectivity index (χ0v) is 17.5. The van der Waals surface area contributed by atoms with Crippen LogP contribution in [-0.4, -0.2) is 23.9 Å². The second-order valence-corrected chi connectivity index (χ2v) is 8.76. The lowest BCUT2D eigenvalue weighted by Gasteiger charge is -2.27. The van der Waals surface area contributed by atoms with Gasteiger partial charge in [0.25, 0.3) is 5.91 Å². The molecule has 1 unspecified atom stereocenters. The van der Waals surface area contributed by atoms with Gasteiger partial charge in [0.15, 0.2) is 6.17 Å². The maximum atomic E-state index is 13.0. The number of amides is 1. The molecular weight excluding hydrogens is 427 g/mol. The van der Waals surface area contributed by atoms with Gasteiger partial charge in [-0.15, -0.1) is 11.3 Å². The monoisotopic (exact) mass is 447 g/mol. The Morgan fingerprint density at radius 3 is 2.84 bits per heavy atom. The molecule has 0 spiro atoms. The van der Waals surface area contributed by atoms with Crippen molar-refractivity contribution in [3.8, 4) is 11.3 Å². The number of hydrogen-bond acceptors (Lipinski definition) is 5. The molecule has 1 amide bonds. The number of benzene rings is 1. The number of likely N-dealkylation sites (N-methyl/N-ethyl adjacent to an activating group) is 1. The van der Waals surface area contributed by atoms with Crippen LogP contribution in [0, 0.1) is 0 Å². The SMILES string of the molecule is CCN1CCc2c(sc3c2C(=O)NC(c2ccc(-c4cccc(C(F)(F)F)c4)o2)N3)C1. The van der Waals surface area contributed by atoms with E-state index in [9.17, 15) is 18.0 Å². The van der Waals surface area contributed by atoms with Gasteiger partial charge < -0.3 is 15.1 Å². The summed E-state index contributed by atoms with van der Waals surface area (Å²) >= 11 is 1.59. The van der Waals surface area contributed by atoms with Crippen LogP contribution in [0.2, 0.25) is 0 Å². The van der Waals surface area contributed by atoms with E-state index in [1.54, 1.807) is 29.5 Å². The Morgan fingerprint density at radius 2 is 2.06 bits per heavy atom. The van der Waals surface area contributed by atoms with Crippen LogP contribution in [0.25, 0.3) is 11.3 Å². The second kappa shape index (κ2) is 7.42. The molecule has 0 saturated carbocycles. The fourth-order valence-corrected chi connectivity index (χ4v) is 5.41. The summed E-state index contributed by atoms with van der Waals surface area (Å²) in [4.78, 5) is 16.4. The van der Waals surface area contributed by atoms with Crippen molar-refractivity contribution in [2.45, 2.75) is 32.2 Å². The molecule has 0 bridgehead atoms. The van der Waals surface area contributed by atoms with E-state index in [0.29, 0.717) is 22.6 Å². The van der Waals surface area contributed by atoms with Gasteiger partial charge in [0.2, 0.25) is 0 Å². The quantitative estimate of drug-likeness (QED) is 0.575. The highest BCUT2D eigenvalue weighted by molar-refractivity contribution is 7.16. The number of furan rings is 1. The van der Waals surface area contributed by atoms with Gasteiger partial charge in [0.1, 0.15) is 16.5 Å². The summed E-state index contributed by atoms with van der Waals surface area (Å²) in [6, 6.07) is 8.28. The maximum absolute atomic E-state index is 13.0. The van der Waals surface area contributed by atoms with E-state index in [0.717, 1.165) is 48.8 Å². The largest absolute Gasteiger partial charge is 0.457 e. The number of nitrogens with zero attached hydrogens (tertiary/aromatic N) is 1. The Kier molecular flexibility index (Phi) is 4.82. The molecule has 162 valence electrons. The maximum Gasteiger partial charge on any atom is 0.416 e. The van der Waals surface area contributed by atoms with Gasteiger partial charge in [-0.2, -0.15) is 13.2 Å². The van der Waals surface area contributed by atoms with Crippen molar-refractivity contribution in [2.24, 2.45) is 0 Å². The standard InChI is InChI=1S/C22H20F3N3O2S/c1-2-28-9-8-14-17(11-28)31-21-18(14)20(29)26-19(27-21)16-7-6-15(30-16)12-4-3-5-13(10-12)22(23,24)25/h3-7,10,19,27H,2,8-9,11H2,1H3,(H,26,29). The average molecular weight is 447 g/mol. The Labute approximate surface area is 180 Å². The number of carbonyl (C=O) groups is 1. The van der Waals surface area contributed by atoms with E-state index in [4.69, 9.17) is 4.42 Å². The highest BCUT2D eigenvalue weighted by Crippen LogP contribution is 2.41. The Hall–Kier alpha value is -2.78. The molecule has 1 aromatic carbocycles. The molecule has 4 heterocycles. The number of thiophene rings is 1. The first kappa shape index (κ1) is 20.1. The molecular formula is C22H20F3N3O2S. The predicted molar refractivity (Wildman–Crippen MR) is 112 cm³/mol. The van der Waals surface area contributed by atoms with Crippen LogP contribution in [0.1, 0.15) is 45.2 Å². The molecule has 0 fully saturated rings. The second-order valence-electron chi connectivity index (χ2n) is 7.66. The fraction of sp³-hybridized carbons (Fsp3) is 0.318. The van der Waals surface area contributed by atoms with Gasteiger partial charge >= 0.3 is 6.18 Å². The summed E-state index contributed by atoms with van der Waals surface area (Å²) in [5.41, 5.74) is 1.41. The van der Waals surface area contributed by atoms with Crippen LogP contribution in [0.5, 0.6) is 0 Å². The summed E-state index contributed by atoms with van der Waals surface area (Å²) in [5.74, 6) is 0.596. The third-order valence-electron chi connectivity index (χ3n) is 5.75. The molecule has 5 rings (SSSR count). The van der Waals surface area contributed by atoms with Crippen molar-refractivity contribution in [3.63, 3.8) is 0 Å². The van der Waals surface area contributed by atoms with Crippen LogP contribution >= 0.6 is 11.3 Å². The predicted octanol–water partition coefficient (Wildman–Crippen LogP) is 5.26. The van der Waals surface area contributed by atoms with E-state index in [2.05, 4.69) is 22.5 Å². The number of carbonyl (C=O) groups excluding carboxylic acids is 1. The number of halogens is 3. The zero-order chi connectivity index (χ0) is 21.8. The molecule has 0 radical (unpaired) electrons. The number of rotatable bonds is 3. The minimum Gasteiger partial charge on any atom is -0.457 e. The molecule has 3 aromatic rings. The molecule has 31 heavy (non-hydrogen) atoms. The lowest BCUT2D eigenvalue weighted by atomic mass is 10.0. The van der Waals surface area contributed by atoms with E-state index in [-0.39, 0.29) is 5.91 Å². The lowest BCUT2D eigenvalue weighted by Crippen LogP contribution is -2.38. The lowest BCUT2D eigenvalue weighted by molar-refractivity contribution is -0.137. The first-order valence-electron chi connectivity index (χ1n) is 10.0. The first-order chi connectivity index (χ1) is 14.8. The molecule has 2 aromatic heterocycles. The number of alkyl halides is 3. The minimum atomic E-state index is -4.42. The van der Waals surface area contributed by atoms with Crippen molar-refractivity contribution in [1.82, 2.24) is 10.2 Å². The summed E-state index contributed by atoms with van der Waals surface area (Å²) in [6.07, 6.45) is -4.16. The third kappa shape index (κ3) is 3.61. The average Bonchev–Trinajstić information content (AvgIpc) is 3.37. The van der Waals surface area contributed by atoms with Crippen molar-refractivity contribution in [3.05, 3.63) is 63.7 Å². The topological polar surface area (TPSA) is 57.5 Å². The van der Waals surface area contributed by atoms with Crippen LogP contribution in [0.4, 0.5) is 18.2 Å². The summed E-state index contributed by atoms with van der Waals surface area (Å²) < 4.78 is 44.9. The zero-order valence-electron chi connectivity index (χ0n) is 16.7. The molecule has 5 nitrogen and oxygen atoms in total. The molecule has 0 saturated heterocycles. The van der Waals surface area contributed by atoms with Gasteiger partial charge in [0.05, 0.1) is 11.1 Å². The summed E-state index contributed by atoms with van der Waals surface area (Å²) in [7, 11) is 0. The minimum absolute atomic E-state index is 0.154. The van der Waals surface area contributed by atoms with Gasteiger partial charge in [0, 0.05) is 23.5 Å². The molecule has 9 heteroatoms. The van der Waals surface area contributed by atoms with Gasteiger partial charge in [-0.3, -0.25) is 9.69 Å². The van der Waals surface area contributed by atoms with E-state index in [1.807, 2.05) is 0 Å². The van der Waals surface area contributed by atoms with E-state index < -0.39 is 17.9 Å². The van der Waals surface area contributed by atoms with E-state index >= 15 is 0 Å². The highest BCUT2D eigenvalue weighted by Gasteiger charge is 2.34. The van der Waals surface area contributed by atoms with Crippen LogP contribution < -0.4 is 10.6 Å². The highest BCUT2D eigenvalue weighted by atomic mass is 32.1. The van der Waals surface area contributed by atoms with Gasteiger partial charge in [-0.25, -0.2) is 0 Å². The van der Waals surface area contributed by atoms with E-state index in [1.165, 1.54) is 10.9 Å². The number of nitrogens with one attached hydrogen (secondary N) is 2. The Morgan fingerprint density at radius 1 is 1.23 bits per heavy atom. The Bertz CT molecular complexity index is 1150. The van der Waals surface area contributed by atoms with Gasteiger partial charge in [-0.1, -0.05) is 19.1 Å². The molecule has 1 atom stereocenters. The molecule has 2 aliphatic heterocycles.